The lowest BCUT2D eigenvalue weighted by molar-refractivity contribution is 0.149. The van der Waals surface area contributed by atoms with Gasteiger partial charge in [-0.3, -0.25) is 0 Å². The Labute approximate surface area is 137 Å². The predicted molar refractivity (Wildman–Crippen MR) is 89.1 cm³/mol. The predicted octanol–water partition coefficient (Wildman–Crippen LogP) is 2.87. The molecule has 124 valence electrons. The van der Waals surface area contributed by atoms with E-state index in [4.69, 9.17) is 0 Å². The van der Waals surface area contributed by atoms with E-state index in [0.717, 1.165) is 25.3 Å². The lowest BCUT2D eigenvalue weighted by Crippen LogP contribution is -2.45. The van der Waals surface area contributed by atoms with Crippen molar-refractivity contribution in [3.63, 3.8) is 0 Å². The summed E-state index contributed by atoms with van der Waals surface area (Å²) in [4.78, 5) is 14.6. The van der Waals surface area contributed by atoms with Crippen molar-refractivity contribution >= 4 is 6.03 Å². The number of fused-ring (bicyclic) bond motifs is 1. The molecule has 2 N–H and O–H groups in total. The summed E-state index contributed by atoms with van der Waals surface area (Å²) in [6.45, 7) is 1.23. The third-order valence-electron chi connectivity index (χ3n) is 6.01. The van der Waals surface area contributed by atoms with Crippen LogP contribution in [0.15, 0.2) is 24.3 Å². The molecule has 0 spiro atoms. The summed E-state index contributed by atoms with van der Waals surface area (Å²) >= 11 is 0. The molecule has 0 aliphatic heterocycles. The SMILES string of the molecule is O=C(NCC1(C2CC2)CC1)N(CCO)C1CCc2ccccc21. The fourth-order valence-corrected chi connectivity index (χ4v) is 4.30. The van der Waals surface area contributed by atoms with E-state index in [-0.39, 0.29) is 18.7 Å². The highest BCUT2D eigenvalue weighted by molar-refractivity contribution is 5.75. The molecule has 2 saturated carbocycles. The van der Waals surface area contributed by atoms with Gasteiger partial charge >= 0.3 is 6.03 Å². The molecule has 1 aromatic rings. The molecule has 0 radical (unpaired) electrons. The number of urea groups is 1. The van der Waals surface area contributed by atoms with E-state index < -0.39 is 0 Å². The van der Waals surface area contributed by atoms with Crippen LogP contribution >= 0.6 is 0 Å². The molecule has 2 fully saturated rings. The highest BCUT2D eigenvalue weighted by atomic mass is 16.3. The summed E-state index contributed by atoms with van der Waals surface area (Å²) in [7, 11) is 0. The van der Waals surface area contributed by atoms with Gasteiger partial charge in [-0.1, -0.05) is 24.3 Å². The van der Waals surface area contributed by atoms with E-state index in [9.17, 15) is 9.90 Å². The van der Waals surface area contributed by atoms with Crippen LogP contribution in [-0.2, 0) is 6.42 Å². The quantitative estimate of drug-likeness (QED) is 0.848. The molecule has 0 aromatic heterocycles. The molecule has 0 saturated heterocycles. The number of carbonyl (C=O) groups excluding carboxylic acids is 1. The summed E-state index contributed by atoms with van der Waals surface area (Å²) in [6.07, 6.45) is 7.19. The number of hydrogen-bond donors (Lipinski definition) is 2. The number of benzene rings is 1. The van der Waals surface area contributed by atoms with Crippen molar-refractivity contribution < 1.29 is 9.90 Å². The molecule has 3 aliphatic rings. The van der Waals surface area contributed by atoms with E-state index >= 15 is 0 Å². The Balaban J connectivity index is 1.44. The van der Waals surface area contributed by atoms with Crippen LogP contribution in [0.3, 0.4) is 0 Å². The molecule has 0 heterocycles. The van der Waals surface area contributed by atoms with Gasteiger partial charge in [-0.05, 0) is 61.0 Å². The first-order chi connectivity index (χ1) is 11.2. The van der Waals surface area contributed by atoms with E-state index in [1.807, 2.05) is 11.0 Å². The molecular formula is C19H26N2O2. The maximum atomic E-state index is 12.8. The van der Waals surface area contributed by atoms with Crippen LogP contribution in [0.1, 0.15) is 49.3 Å². The van der Waals surface area contributed by atoms with Crippen molar-refractivity contribution in [3.05, 3.63) is 35.4 Å². The lowest BCUT2D eigenvalue weighted by Gasteiger charge is -2.30. The van der Waals surface area contributed by atoms with Crippen LogP contribution in [0.25, 0.3) is 0 Å². The first-order valence-electron chi connectivity index (χ1n) is 8.97. The minimum Gasteiger partial charge on any atom is -0.395 e. The normalized spacial score (nSPS) is 24.1. The van der Waals surface area contributed by atoms with Gasteiger partial charge in [0.15, 0.2) is 0 Å². The third-order valence-corrected chi connectivity index (χ3v) is 6.01. The fourth-order valence-electron chi connectivity index (χ4n) is 4.30. The molecule has 1 aromatic carbocycles. The number of carbonyl (C=O) groups is 1. The monoisotopic (exact) mass is 314 g/mol. The van der Waals surface area contributed by atoms with Gasteiger partial charge in [-0.25, -0.2) is 4.79 Å². The zero-order valence-electron chi connectivity index (χ0n) is 13.6. The highest BCUT2D eigenvalue weighted by Crippen LogP contribution is 2.60. The van der Waals surface area contributed by atoms with E-state index in [0.29, 0.717) is 12.0 Å². The second kappa shape index (κ2) is 5.82. The van der Waals surface area contributed by atoms with Crippen LogP contribution in [0, 0.1) is 11.3 Å². The highest BCUT2D eigenvalue weighted by Gasteiger charge is 2.53. The van der Waals surface area contributed by atoms with Gasteiger partial charge < -0.3 is 15.3 Å². The average molecular weight is 314 g/mol. The minimum atomic E-state index is -0.00678. The average Bonchev–Trinajstić information content (AvgIpc) is 3.47. The van der Waals surface area contributed by atoms with Crippen LogP contribution < -0.4 is 5.32 Å². The second-order valence-electron chi connectivity index (χ2n) is 7.47. The topological polar surface area (TPSA) is 52.6 Å². The third kappa shape index (κ3) is 2.85. The molecule has 23 heavy (non-hydrogen) atoms. The number of aliphatic hydroxyl groups excluding tert-OH is 1. The molecule has 4 nitrogen and oxygen atoms in total. The van der Waals surface area contributed by atoms with Crippen molar-refractivity contribution in [2.45, 2.75) is 44.6 Å². The zero-order chi connectivity index (χ0) is 15.9. The van der Waals surface area contributed by atoms with Crippen LogP contribution in [0.5, 0.6) is 0 Å². The standard InChI is InChI=1S/C19H26N2O2/c22-12-11-21(17-8-5-14-3-1-2-4-16(14)17)18(23)20-13-19(9-10-19)15-6-7-15/h1-4,15,17,22H,5-13H2,(H,20,23). The summed E-state index contributed by atoms with van der Waals surface area (Å²) in [5.41, 5.74) is 3.00. The van der Waals surface area contributed by atoms with Crippen molar-refractivity contribution in [1.29, 1.82) is 0 Å². The molecule has 0 bridgehead atoms. The molecule has 4 rings (SSSR count). The number of nitrogens with zero attached hydrogens (tertiary/aromatic N) is 1. The molecule has 1 atom stereocenters. The second-order valence-corrected chi connectivity index (χ2v) is 7.47. The van der Waals surface area contributed by atoms with Gasteiger partial charge in [-0.15, -0.1) is 0 Å². The Morgan fingerprint density at radius 1 is 1.26 bits per heavy atom. The van der Waals surface area contributed by atoms with Gasteiger partial charge in [0.25, 0.3) is 0 Å². The molecule has 3 aliphatic carbocycles. The molecule has 4 heteroatoms. The van der Waals surface area contributed by atoms with E-state index in [1.165, 1.54) is 36.8 Å². The molecule has 2 amide bonds. The first-order valence-corrected chi connectivity index (χ1v) is 8.97. The van der Waals surface area contributed by atoms with Gasteiger partial charge in [-0.2, -0.15) is 0 Å². The number of nitrogens with one attached hydrogen (secondary N) is 1. The number of hydrogen-bond acceptors (Lipinski definition) is 2. The van der Waals surface area contributed by atoms with Gasteiger partial charge in [0.1, 0.15) is 0 Å². The number of aliphatic hydroxyl groups is 1. The zero-order valence-corrected chi connectivity index (χ0v) is 13.6. The first kappa shape index (κ1) is 15.0. The van der Waals surface area contributed by atoms with Gasteiger partial charge in [0.2, 0.25) is 0 Å². The summed E-state index contributed by atoms with van der Waals surface area (Å²) < 4.78 is 0. The molecular weight excluding hydrogens is 288 g/mol. The summed E-state index contributed by atoms with van der Waals surface area (Å²) in [5.74, 6) is 0.848. The van der Waals surface area contributed by atoms with Crippen molar-refractivity contribution in [3.8, 4) is 0 Å². The van der Waals surface area contributed by atoms with Gasteiger partial charge in [0, 0.05) is 13.1 Å². The van der Waals surface area contributed by atoms with Crippen LogP contribution in [0.2, 0.25) is 0 Å². The van der Waals surface area contributed by atoms with Crippen LogP contribution in [0.4, 0.5) is 4.79 Å². The lowest BCUT2D eigenvalue weighted by atomic mass is 10.0. The maximum Gasteiger partial charge on any atom is 0.318 e. The minimum absolute atomic E-state index is 0.00678. The van der Waals surface area contributed by atoms with Crippen molar-refractivity contribution in [2.75, 3.05) is 19.7 Å². The number of amides is 2. The van der Waals surface area contributed by atoms with E-state index in [2.05, 4.69) is 23.5 Å². The Hall–Kier alpha value is -1.55. The fraction of sp³-hybridized carbons (Fsp3) is 0.632. The summed E-state index contributed by atoms with van der Waals surface area (Å²) in [6, 6.07) is 8.47. The maximum absolute atomic E-state index is 12.8. The van der Waals surface area contributed by atoms with E-state index in [1.54, 1.807) is 0 Å². The Kier molecular flexibility index (Phi) is 3.80. The smallest absolute Gasteiger partial charge is 0.318 e. The summed E-state index contributed by atoms with van der Waals surface area (Å²) in [5, 5.41) is 12.6. The largest absolute Gasteiger partial charge is 0.395 e. The van der Waals surface area contributed by atoms with Gasteiger partial charge in [0.05, 0.1) is 12.6 Å². The Bertz CT molecular complexity index is 593. The van der Waals surface area contributed by atoms with Crippen molar-refractivity contribution in [2.24, 2.45) is 11.3 Å². The number of rotatable bonds is 6. The Morgan fingerprint density at radius 3 is 2.74 bits per heavy atom. The van der Waals surface area contributed by atoms with Crippen molar-refractivity contribution in [1.82, 2.24) is 10.2 Å². The Morgan fingerprint density at radius 2 is 2.04 bits per heavy atom. The number of aryl methyl sites for hydroxylation is 1. The van der Waals surface area contributed by atoms with Crippen LogP contribution in [-0.4, -0.2) is 35.7 Å². The molecule has 1 unspecified atom stereocenters.